The predicted molar refractivity (Wildman–Crippen MR) is 162 cm³/mol. The summed E-state index contributed by atoms with van der Waals surface area (Å²) in [7, 11) is -2.51. The maximum Gasteiger partial charge on any atom is 0.271 e. The van der Waals surface area contributed by atoms with Gasteiger partial charge in [0.05, 0.1) is 29.1 Å². The van der Waals surface area contributed by atoms with Crippen molar-refractivity contribution >= 4 is 32.7 Å². The molecule has 0 aliphatic heterocycles. The monoisotopic (exact) mass is 630 g/mol. The number of hydrogen-bond donors (Lipinski definition) is 2. The summed E-state index contributed by atoms with van der Waals surface area (Å²) in [4.78, 5) is 25.1. The number of fused-ring (bicyclic) bond motifs is 1. The van der Waals surface area contributed by atoms with E-state index in [4.69, 9.17) is 0 Å². The Hall–Kier alpha value is -5.16. The number of halogens is 2. The molecular weight excluding hydrogens is 602 g/mol. The molecule has 2 N–H and O–H groups in total. The molecule has 6 rings (SSSR count). The third-order valence-electron chi connectivity index (χ3n) is 7.80. The molecule has 2 aromatic carbocycles. The van der Waals surface area contributed by atoms with Crippen LogP contribution >= 0.6 is 0 Å². The van der Waals surface area contributed by atoms with Crippen LogP contribution in [0.25, 0.3) is 22.3 Å². The van der Waals surface area contributed by atoms with Crippen molar-refractivity contribution in [3.8, 4) is 17.5 Å². The van der Waals surface area contributed by atoms with Gasteiger partial charge in [-0.3, -0.25) is 4.79 Å². The van der Waals surface area contributed by atoms with E-state index in [0.29, 0.717) is 18.5 Å². The van der Waals surface area contributed by atoms with E-state index in [2.05, 4.69) is 25.6 Å². The van der Waals surface area contributed by atoms with E-state index in [0.717, 1.165) is 34.6 Å². The summed E-state index contributed by atoms with van der Waals surface area (Å²) in [5, 5.41) is 15.7. The molecule has 0 unspecified atom stereocenters. The first kappa shape index (κ1) is 29.9. The standard InChI is InChI=1S/C31H28F2N8O3S/c1-18-6-8-22(9-7-18)45(43,44)41-15-24(23-10-19(13-34)11-25(32)28(23)41)29-35-14-26(33)30(39-29)37-20-4-3-5-21(12-20)38-31(42)27-16-40(2)17-36-27/h6-11,14-17,20-21H,3-5,12H2,1-2H3,(H,38,42)(H,35,37,39)/t20-,21+/m0/s1. The molecule has 0 saturated heterocycles. The van der Waals surface area contributed by atoms with E-state index < -0.39 is 21.7 Å². The van der Waals surface area contributed by atoms with Crippen molar-refractivity contribution < 1.29 is 22.0 Å². The van der Waals surface area contributed by atoms with Gasteiger partial charge in [0.2, 0.25) is 0 Å². The van der Waals surface area contributed by atoms with Gasteiger partial charge in [-0.2, -0.15) is 5.26 Å². The molecule has 1 saturated carbocycles. The van der Waals surface area contributed by atoms with Gasteiger partial charge in [-0.05, 0) is 56.9 Å². The number of carbonyl (C=O) groups excluding carboxylic acids is 1. The summed E-state index contributed by atoms with van der Waals surface area (Å²) in [5.74, 6) is -2.14. The van der Waals surface area contributed by atoms with Gasteiger partial charge in [-0.25, -0.2) is 36.1 Å². The van der Waals surface area contributed by atoms with Gasteiger partial charge in [0.25, 0.3) is 15.9 Å². The van der Waals surface area contributed by atoms with Crippen LogP contribution in [0.4, 0.5) is 14.6 Å². The van der Waals surface area contributed by atoms with Crippen LogP contribution in [0.1, 0.15) is 47.3 Å². The van der Waals surface area contributed by atoms with Crippen LogP contribution in [0, 0.1) is 29.9 Å². The number of amides is 1. The summed E-state index contributed by atoms with van der Waals surface area (Å²) < 4.78 is 60.3. The second kappa shape index (κ2) is 11.7. The smallest absolute Gasteiger partial charge is 0.271 e. The fourth-order valence-electron chi connectivity index (χ4n) is 5.57. The highest BCUT2D eigenvalue weighted by Gasteiger charge is 2.28. The molecule has 230 valence electrons. The number of anilines is 1. The lowest BCUT2D eigenvalue weighted by atomic mass is 9.91. The quantitative estimate of drug-likeness (QED) is 0.264. The summed E-state index contributed by atoms with van der Waals surface area (Å²) in [6, 6.07) is 9.88. The Labute approximate surface area is 257 Å². The molecule has 14 heteroatoms. The minimum absolute atomic E-state index is 0.0341. The molecule has 0 spiro atoms. The third kappa shape index (κ3) is 5.86. The first-order valence-corrected chi connectivity index (χ1v) is 15.6. The number of benzene rings is 2. The van der Waals surface area contributed by atoms with Gasteiger partial charge >= 0.3 is 0 Å². The number of hydrogen-bond acceptors (Lipinski definition) is 8. The molecule has 3 aromatic heterocycles. The van der Waals surface area contributed by atoms with Gasteiger partial charge in [0, 0.05) is 42.5 Å². The zero-order valence-electron chi connectivity index (χ0n) is 24.3. The van der Waals surface area contributed by atoms with Crippen LogP contribution < -0.4 is 10.6 Å². The number of imidazole rings is 1. The number of aryl methyl sites for hydroxylation is 2. The zero-order valence-corrected chi connectivity index (χ0v) is 25.1. The number of nitrogens with one attached hydrogen (secondary N) is 2. The number of rotatable bonds is 7. The molecule has 0 bridgehead atoms. The molecular formula is C31H28F2N8O3S. The molecule has 1 aliphatic carbocycles. The van der Waals surface area contributed by atoms with E-state index in [9.17, 15) is 18.5 Å². The largest absolute Gasteiger partial charge is 0.365 e. The van der Waals surface area contributed by atoms with E-state index in [1.165, 1.54) is 24.4 Å². The molecule has 3 heterocycles. The van der Waals surface area contributed by atoms with Gasteiger partial charge in [0.1, 0.15) is 17.0 Å². The van der Waals surface area contributed by atoms with Gasteiger partial charge in [-0.15, -0.1) is 0 Å². The number of nitriles is 1. The van der Waals surface area contributed by atoms with Crippen molar-refractivity contribution in [3.05, 3.63) is 89.8 Å². The fourth-order valence-corrected chi connectivity index (χ4v) is 6.95. The lowest BCUT2D eigenvalue weighted by molar-refractivity contribution is 0.0921. The van der Waals surface area contributed by atoms with E-state index >= 15 is 8.78 Å². The highest BCUT2D eigenvalue weighted by Crippen LogP contribution is 2.35. The fraction of sp³-hybridized carbons (Fsp3) is 0.258. The Morgan fingerprint density at radius 3 is 2.53 bits per heavy atom. The lowest BCUT2D eigenvalue weighted by Crippen LogP contribution is -2.42. The van der Waals surface area contributed by atoms with Gasteiger partial charge in [-0.1, -0.05) is 17.7 Å². The lowest BCUT2D eigenvalue weighted by Gasteiger charge is -2.30. The van der Waals surface area contributed by atoms with Crippen LogP contribution in [-0.2, 0) is 17.1 Å². The molecule has 1 aliphatic rings. The first-order valence-electron chi connectivity index (χ1n) is 14.2. The van der Waals surface area contributed by atoms with Crippen molar-refractivity contribution in [3.63, 3.8) is 0 Å². The Bertz CT molecular complexity index is 2080. The average Bonchev–Trinajstić information content (AvgIpc) is 3.63. The Morgan fingerprint density at radius 1 is 1.07 bits per heavy atom. The Balaban J connectivity index is 1.33. The predicted octanol–water partition coefficient (Wildman–Crippen LogP) is 4.68. The Morgan fingerprint density at radius 2 is 1.82 bits per heavy atom. The number of aromatic nitrogens is 5. The van der Waals surface area contributed by atoms with Crippen molar-refractivity contribution in [1.82, 2.24) is 28.8 Å². The normalized spacial score (nSPS) is 16.8. The van der Waals surface area contributed by atoms with Gasteiger partial charge < -0.3 is 15.2 Å². The van der Waals surface area contributed by atoms with Gasteiger partial charge in [0.15, 0.2) is 17.5 Å². The van der Waals surface area contributed by atoms with Crippen LogP contribution in [0.15, 0.2) is 66.2 Å². The number of carbonyl (C=O) groups is 1. The highest BCUT2D eigenvalue weighted by atomic mass is 32.2. The zero-order chi connectivity index (χ0) is 31.9. The first-order chi connectivity index (χ1) is 21.5. The third-order valence-corrected chi connectivity index (χ3v) is 9.47. The summed E-state index contributed by atoms with van der Waals surface area (Å²) >= 11 is 0. The van der Waals surface area contributed by atoms with Crippen molar-refractivity contribution in [1.29, 1.82) is 5.26 Å². The number of nitrogens with zero attached hydrogens (tertiary/aromatic N) is 6. The minimum Gasteiger partial charge on any atom is -0.365 e. The van der Waals surface area contributed by atoms with Crippen LogP contribution in [0.2, 0.25) is 0 Å². The topological polar surface area (TPSA) is 148 Å². The molecule has 1 fully saturated rings. The average molecular weight is 631 g/mol. The van der Waals surface area contributed by atoms with Crippen molar-refractivity contribution in [2.45, 2.75) is 49.6 Å². The van der Waals surface area contributed by atoms with E-state index in [1.807, 2.05) is 13.0 Å². The summed E-state index contributed by atoms with van der Waals surface area (Å²) in [6.45, 7) is 1.81. The second-order valence-corrected chi connectivity index (χ2v) is 12.9. The highest BCUT2D eigenvalue weighted by molar-refractivity contribution is 7.90. The van der Waals surface area contributed by atoms with Crippen LogP contribution in [0.3, 0.4) is 0 Å². The molecule has 2 atom stereocenters. The van der Waals surface area contributed by atoms with Crippen LogP contribution in [0.5, 0.6) is 0 Å². The van der Waals surface area contributed by atoms with E-state index in [-0.39, 0.29) is 56.6 Å². The van der Waals surface area contributed by atoms with Crippen LogP contribution in [-0.4, -0.2) is 49.9 Å². The van der Waals surface area contributed by atoms with Crippen molar-refractivity contribution in [2.75, 3.05) is 5.32 Å². The minimum atomic E-state index is -4.28. The Kier molecular flexibility index (Phi) is 7.80. The molecule has 11 nitrogen and oxygen atoms in total. The second-order valence-electron chi connectivity index (χ2n) is 11.1. The maximum atomic E-state index is 15.4. The summed E-state index contributed by atoms with van der Waals surface area (Å²) in [6.07, 6.45) is 8.02. The molecule has 1 amide bonds. The molecule has 0 radical (unpaired) electrons. The summed E-state index contributed by atoms with van der Waals surface area (Å²) in [5.41, 5.74) is 0.929. The van der Waals surface area contributed by atoms with Crippen molar-refractivity contribution in [2.24, 2.45) is 7.05 Å². The molecule has 5 aromatic rings. The SMILES string of the molecule is Cc1ccc(S(=O)(=O)n2cc(-c3ncc(F)c(N[C@H]4CCC[C@@H](NC(=O)c5cn(C)cn5)C4)n3)c3cc(C#N)cc(F)c32)cc1. The molecule has 45 heavy (non-hydrogen) atoms. The van der Waals surface area contributed by atoms with E-state index in [1.54, 1.807) is 36.3 Å². The maximum absolute atomic E-state index is 15.4.